The van der Waals surface area contributed by atoms with E-state index in [1.165, 1.54) is 6.20 Å². The van der Waals surface area contributed by atoms with Crippen molar-refractivity contribution in [1.82, 2.24) is 15.0 Å². The molecule has 3 aromatic rings. The monoisotopic (exact) mass is 484 g/mol. The van der Waals surface area contributed by atoms with Crippen molar-refractivity contribution < 1.29 is 19.1 Å². The van der Waals surface area contributed by atoms with Gasteiger partial charge in [-0.3, -0.25) is 15.0 Å². The van der Waals surface area contributed by atoms with Gasteiger partial charge >= 0.3 is 5.97 Å². The predicted octanol–water partition coefficient (Wildman–Crippen LogP) is 3.29. The summed E-state index contributed by atoms with van der Waals surface area (Å²) >= 11 is 5.87. The van der Waals surface area contributed by atoms with Gasteiger partial charge in [0.25, 0.3) is 5.91 Å². The average molecular weight is 485 g/mol. The molecule has 2 aromatic carbocycles. The predicted molar refractivity (Wildman–Crippen MR) is 126 cm³/mol. The number of anilines is 1. The van der Waals surface area contributed by atoms with Gasteiger partial charge in [0.15, 0.2) is 0 Å². The van der Waals surface area contributed by atoms with E-state index in [9.17, 15) is 19.5 Å². The zero-order valence-corrected chi connectivity index (χ0v) is 18.9. The molecule has 1 saturated heterocycles. The SMILES string of the molecule is O=C(NN1CCN(c2cc3c(cc2F)c(=O)c(C(=O)O)cn3C2CC2)CC1)c1ccc(Cl)cc1. The van der Waals surface area contributed by atoms with Gasteiger partial charge in [-0.05, 0) is 49.2 Å². The molecule has 1 aliphatic carbocycles. The Hall–Kier alpha value is -3.43. The summed E-state index contributed by atoms with van der Waals surface area (Å²) in [6.07, 6.45) is 3.14. The fraction of sp³-hybridized carbons (Fsp3) is 0.292. The van der Waals surface area contributed by atoms with Gasteiger partial charge in [0.2, 0.25) is 5.43 Å². The van der Waals surface area contributed by atoms with Crippen molar-refractivity contribution in [2.75, 3.05) is 31.1 Å². The normalized spacial score (nSPS) is 16.6. The number of amides is 1. The molecule has 2 heterocycles. The highest BCUT2D eigenvalue weighted by Crippen LogP contribution is 2.38. The largest absolute Gasteiger partial charge is 0.477 e. The number of hydrogen-bond acceptors (Lipinski definition) is 5. The van der Waals surface area contributed by atoms with E-state index in [0.717, 1.165) is 18.9 Å². The number of nitrogens with zero attached hydrogens (tertiary/aromatic N) is 3. The van der Waals surface area contributed by atoms with Gasteiger partial charge in [-0.1, -0.05) is 11.6 Å². The molecule has 2 N–H and O–H groups in total. The van der Waals surface area contributed by atoms with Gasteiger partial charge in [-0.2, -0.15) is 0 Å². The number of hydrazine groups is 1. The smallest absolute Gasteiger partial charge is 0.341 e. The second-order valence-corrected chi connectivity index (χ2v) is 8.99. The fourth-order valence-electron chi connectivity index (χ4n) is 4.28. The molecule has 0 unspecified atom stereocenters. The van der Waals surface area contributed by atoms with Gasteiger partial charge in [0, 0.05) is 54.4 Å². The zero-order chi connectivity index (χ0) is 24.0. The Bertz CT molecular complexity index is 1350. The van der Waals surface area contributed by atoms with Crippen molar-refractivity contribution in [3.8, 4) is 0 Å². The number of rotatable bonds is 5. The molecule has 34 heavy (non-hydrogen) atoms. The van der Waals surface area contributed by atoms with Crippen molar-refractivity contribution in [2.45, 2.75) is 18.9 Å². The molecular weight excluding hydrogens is 463 g/mol. The highest BCUT2D eigenvalue weighted by molar-refractivity contribution is 6.30. The summed E-state index contributed by atoms with van der Waals surface area (Å²) in [6.45, 7) is 1.88. The van der Waals surface area contributed by atoms with Crippen molar-refractivity contribution in [1.29, 1.82) is 0 Å². The van der Waals surface area contributed by atoms with Gasteiger partial charge in [0.1, 0.15) is 11.4 Å². The van der Waals surface area contributed by atoms with Crippen molar-refractivity contribution in [3.63, 3.8) is 0 Å². The van der Waals surface area contributed by atoms with Crippen LogP contribution >= 0.6 is 11.6 Å². The van der Waals surface area contributed by atoms with Crippen LogP contribution in [0.2, 0.25) is 5.02 Å². The quantitative estimate of drug-likeness (QED) is 0.577. The molecule has 1 saturated carbocycles. The van der Waals surface area contributed by atoms with Crippen LogP contribution in [0.15, 0.2) is 47.4 Å². The van der Waals surface area contributed by atoms with Crippen LogP contribution in [0, 0.1) is 5.82 Å². The Kier molecular flexibility index (Phi) is 5.75. The number of halogens is 2. The van der Waals surface area contributed by atoms with Crippen LogP contribution in [0.3, 0.4) is 0 Å². The summed E-state index contributed by atoms with van der Waals surface area (Å²) in [6, 6.07) is 9.49. The van der Waals surface area contributed by atoms with Crippen LogP contribution in [0.4, 0.5) is 10.1 Å². The van der Waals surface area contributed by atoms with Crippen molar-refractivity contribution in [2.24, 2.45) is 0 Å². The minimum atomic E-state index is -1.32. The number of carboxylic acids is 1. The van der Waals surface area contributed by atoms with Crippen LogP contribution in [0.5, 0.6) is 0 Å². The van der Waals surface area contributed by atoms with Crippen molar-refractivity contribution in [3.05, 3.63) is 74.8 Å². The van der Waals surface area contributed by atoms with Crippen LogP contribution < -0.4 is 15.8 Å². The Morgan fingerprint density at radius 2 is 1.74 bits per heavy atom. The number of piperazine rings is 1. The fourth-order valence-corrected chi connectivity index (χ4v) is 4.40. The van der Waals surface area contributed by atoms with E-state index in [-0.39, 0.29) is 22.9 Å². The Morgan fingerprint density at radius 3 is 2.35 bits per heavy atom. The summed E-state index contributed by atoms with van der Waals surface area (Å²) in [5, 5.41) is 11.8. The molecule has 0 radical (unpaired) electrons. The third-order valence-corrected chi connectivity index (χ3v) is 6.51. The number of carbonyl (C=O) groups excluding carboxylic acids is 1. The molecule has 0 bridgehead atoms. The first-order valence-corrected chi connectivity index (χ1v) is 11.4. The van der Waals surface area contributed by atoms with E-state index in [4.69, 9.17) is 11.6 Å². The molecule has 1 aromatic heterocycles. The lowest BCUT2D eigenvalue weighted by Gasteiger charge is -2.36. The van der Waals surface area contributed by atoms with Crippen LogP contribution in [-0.4, -0.2) is 52.7 Å². The highest BCUT2D eigenvalue weighted by Gasteiger charge is 2.28. The molecule has 176 valence electrons. The van der Waals surface area contributed by atoms with Crippen LogP contribution in [0.1, 0.15) is 39.6 Å². The summed E-state index contributed by atoms with van der Waals surface area (Å²) in [7, 11) is 0. The lowest BCUT2D eigenvalue weighted by molar-refractivity contribution is 0.0694. The number of benzene rings is 2. The second kappa shape index (κ2) is 8.73. The number of aromatic carboxylic acids is 1. The second-order valence-electron chi connectivity index (χ2n) is 8.56. The average Bonchev–Trinajstić information content (AvgIpc) is 3.65. The summed E-state index contributed by atoms with van der Waals surface area (Å²) < 4.78 is 16.9. The van der Waals surface area contributed by atoms with Gasteiger partial charge in [0.05, 0.1) is 11.2 Å². The Morgan fingerprint density at radius 1 is 1.06 bits per heavy atom. The maximum atomic E-state index is 15.1. The minimum Gasteiger partial charge on any atom is -0.477 e. The van der Waals surface area contributed by atoms with Crippen LogP contribution in [0.25, 0.3) is 10.9 Å². The number of aromatic nitrogens is 1. The molecule has 1 aliphatic heterocycles. The Balaban J connectivity index is 1.36. The van der Waals surface area contributed by atoms with Crippen LogP contribution in [-0.2, 0) is 0 Å². The lowest BCUT2D eigenvalue weighted by atomic mass is 10.1. The van der Waals surface area contributed by atoms with E-state index in [1.54, 1.807) is 39.9 Å². The minimum absolute atomic E-state index is 0.0712. The molecule has 2 aliphatic rings. The zero-order valence-electron chi connectivity index (χ0n) is 18.1. The van der Waals surface area contributed by atoms with E-state index in [0.29, 0.717) is 48.0 Å². The van der Waals surface area contributed by atoms with Gasteiger partial charge < -0.3 is 14.6 Å². The van der Waals surface area contributed by atoms with Gasteiger partial charge in [-0.15, -0.1) is 0 Å². The molecule has 10 heteroatoms. The number of carbonyl (C=O) groups is 2. The maximum absolute atomic E-state index is 15.1. The third-order valence-electron chi connectivity index (χ3n) is 6.26. The standard InChI is InChI=1S/C24H22ClFN4O4/c25-15-3-1-14(2-4-15)23(32)27-29-9-7-28(8-10-29)21-12-20-17(11-19(21)26)22(31)18(24(33)34)13-30(20)16-5-6-16/h1-4,11-13,16H,5-10H2,(H,27,32)(H,33,34). The third kappa shape index (κ3) is 4.24. The first-order valence-electron chi connectivity index (χ1n) is 11.0. The molecule has 0 atom stereocenters. The molecular formula is C24H22ClFN4O4. The number of nitrogens with one attached hydrogen (secondary N) is 1. The number of fused-ring (bicyclic) bond motifs is 1. The van der Waals surface area contributed by atoms with Crippen molar-refractivity contribution >= 4 is 40.1 Å². The van der Waals surface area contributed by atoms with E-state index in [2.05, 4.69) is 5.43 Å². The summed E-state index contributed by atoms with van der Waals surface area (Å²) in [5.41, 5.74) is 3.21. The van der Waals surface area contributed by atoms with E-state index in [1.807, 2.05) is 4.90 Å². The lowest BCUT2D eigenvalue weighted by Crippen LogP contribution is -2.53. The first kappa shape index (κ1) is 22.4. The first-order chi connectivity index (χ1) is 16.3. The summed E-state index contributed by atoms with van der Waals surface area (Å²) in [4.78, 5) is 38.5. The molecule has 0 spiro atoms. The highest BCUT2D eigenvalue weighted by atomic mass is 35.5. The molecule has 5 rings (SSSR count). The maximum Gasteiger partial charge on any atom is 0.341 e. The van der Waals surface area contributed by atoms with E-state index >= 15 is 4.39 Å². The number of pyridine rings is 1. The number of carboxylic acid groups (broad SMARTS) is 1. The van der Waals surface area contributed by atoms with Gasteiger partial charge in [-0.25, -0.2) is 14.2 Å². The molecule has 2 fully saturated rings. The Labute approximate surface area is 199 Å². The van der Waals surface area contributed by atoms with E-state index < -0.39 is 17.2 Å². The molecule has 1 amide bonds. The number of hydrogen-bond donors (Lipinski definition) is 2. The topological polar surface area (TPSA) is 94.9 Å². The summed E-state index contributed by atoms with van der Waals surface area (Å²) in [5.74, 6) is -2.14. The molecule has 8 nitrogen and oxygen atoms in total.